The topological polar surface area (TPSA) is 78.5 Å². The minimum absolute atomic E-state index is 0.220. The van der Waals surface area contributed by atoms with Crippen LogP contribution < -0.4 is 14.9 Å². The van der Waals surface area contributed by atoms with Crippen LogP contribution in [0.5, 0.6) is 0 Å². The Kier molecular flexibility index (Phi) is 6.70. The van der Waals surface area contributed by atoms with E-state index in [1.165, 1.54) is 11.3 Å². The summed E-state index contributed by atoms with van der Waals surface area (Å²) in [5, 5.41) is 5.27. The van der Waals surface area contributed by atoms with Crippen molar-refractivity contribution >= 4 is 35.0 Å². The molecule has 9 heteroatoms. The number of carbonyl (C=O) groups is 1. The van der Waals surface area contributed by atoms with Crippen LogP contribution in [0.1, 0.15) is 42.4 Å². The molecule has 0 spiro atoms. The lowest BCUT2D eigenvalue weighted by molar-refractivity contribution is -0.139. The standard InChI is InChI=1S/C28H25ClN4O3S/c1-5-36-27(35)24-17(3)30-28-32(25(24)19-11-13-20(29)14-12-19)26(34)23(37-28)15-22-16(2)31-33(18(22)4)21-9-7-6-8-10-21/h6-15,25H,5H2,1-4H3/b23-15-. The van der Waals surface area contributed by atoms with Gasteiger partial charge < -0.3 is 4.74 Å². The Morgan fingerprint density at radius 1 is 1.11 bits per heavy atom. The molecule has 2 aromatic heterocycles. The normalized spacial score (nSPS) is 15.5. The predicted molar refractivity (Wildman–Crippen MR) is 145 cm³/mol. The Labute approximate surface area is 222 Å². The molecular weight excluding hydrogens is 508 g/mol. The van der Waals surface area contributed by atoms with Gasteiger partial charge in [0.1, 0.15) is 0 Å². The molecule has 0 amide bonds. The first-order valence-corrected chi connectivity index (χ1v) is 13.1. The van der Waals surface area contributed by atoms with Gasteiger partial charge in [-0.2, -0.15) is 5.10 Å². The van der Waals surface area contributed by atoms with Gasteiger partial charge in [0.05, 0.1) is 39.8 Å². The Morgan fingerprint density at radius 2 is 1.81 bits per heavy atom. The average Bonchev–Trinajstić information content (AvgIpc) is 3.34. The van der Waals surface area contributed by atoms with E-state index in [2.05, 4.69) is 4.99 Å². The van der Waals surface area contributed by atoms with Gasteiger partial charge in [-0.05, 0) is 63.6 Å². The van der Waals surface area contributed by atoms with Crippen LogP contribution >= 0.6 is 22.9 Å². The van der Waals surface area contributed by atoms with Crippen molar-refractivity contribution in [2.75, 3.05) is 6.61 Å². The van der Waals surface area contributed by atoms with Crippen LogP contribution in [0.3, 0.4) is 0 Å². The summed E-state index contributed by atoms with van der Waals surface area (Å²) in [5.74, 6) is -0.492. The predicted octanol–water partition coefficient (Wildman–Crippen LogP) is 4.25. The maximum Gasteiger partial charge on any atom is 0.338 e. The zero-order valence-electron chi connectivity index (χ0n) is 20.9. The first kappa shape index (κ1) is 24.9. The molecule has 2 aromatic carbocycles. The molecule has 4 aromatic rings. The summed E-state index contributed by atoms with van der Waals surface area (Å²) < 4.78 is 9.30. The number of rotatable bonds is 5. The lowest BCUT2D eigenvalue weighted by Crippen LogP contribution is -2.39. The number of ether oxygens (including phenoxy) is 1. The molecule has 37 heavy (non-hydrogen) atoms. The van der Waals surface area contributed by atoms with Crippen molar-refractivity contribution in [3.8, 4) is 5.69 Å². The van der Waals surface area contributed by atoms with E-state index in [4.69, 9.17) is 21.4 Å². The fourth-order valence-electron chi connectivity index (χ4n) is 4.57. The van der Waals surface area contributed by atoms with Gasteiger partial charge in [-0.25, -0.2) is 14.5 Å². The van der Waals surface area contributed by atoms with E-state index in [1.807, 2.05) is 67.1 Å². The number of thiazole rings is 1. The van der Waals surface area contributed by atoms with E-state index in [9.17, 15) is 9.59 Å². The monoisotopic (exact) mass is 532 g/mol. The number of benzene rings is 2. The minimum Gasteiger partial charge on any atom is -0.463 e. The Balaban J connectivity index is 1.70. The number of esters is 1. The molecule has 7 nitrogen and oxygen atoms in total. The highest BCUT2D eigenvalue weighted by molar-refractivity contribution is 7.07. The van der Waals surface area contributed by atoms with Crippen LogP contribution in [0.4, 0.5) is 0 Å². The zero-order chi connectivity index (χ0) is 26.3. The number of hydrogen-bond donors (Lipinski definition) is 0. The van der Waals surface area contributed by atoms with Gasteiger partial charge in [0.25, 0.3) is 5.56 Å². The number of para-hydroxylation sites is 1. The van der Waals surface area contributed by atoms with Crippen LogP contribution in [0, 0.1) is 13.8 Å². The van der Waals surface area contributed by atoms with Crippen LogP contribution in [-0.2, 0) is 9.53 Å². The second-order valence-electron chi connectivity index (χ2n) is 8.69. The van der Waals surface area contributed by atoms with Crippen molar-refractivity contribution in [3.05, 3.63) is 113 Å². The van der Waals surface area contributed by atoms with Crippen LogP contribution in [0.2, 0.25) is 5.02 Å². The molecule has 0 radical (unpaired) electrons. The van der Waals surface area contributed by atoms with Gasteiger partial charge in [0.15, 0.2) is 4.80 Å². The molecule has 188 valence electrons. The van der Waals surface area contributed by atoms with E-state index in [-0.39, 0.29) is 12.2 Å². The lowest BCUT2D eigenvalue weighted by Gasteiger charge is -2.24. The van der Waals surface area contributed by atoms with Crippen molar-refractivity contribution in [1.29, 1.82) is 0 Å². The maximum atomic E-state index is 13.9. The highest BCUT2D eigenvalue weighted by Gasteiger charge is 2.33. The molecule has 0 saturated carbocycles. The fraction of sp³-hybridized carbons (Fsp3) is 0.214. The van der Waals surface area contributed by atoms with E-state index in [0.717, 1.165) is 28.2 Å². The van der Waals surface area contributed by atoms with Crippen LogP contribution in [0.25, 0.3) is 11.8 Å². The summed E-state index contributed by atoms with van der Waals surface area (Å²) >= 11 is 7.42. The van der Waals surface area contributed by atoms with Gasteiger partial charge in [0, 0.05) is 16.3 Å². The van der Waals surface area contributed by atoms with E-state index >= 15 is 0 Å². The Bertz CT molecular complexity index is 1710. The number of halogens is 1. The Hall–Kier alpha value is -3.75. The molecule has 1 aliphatic heterocycles. The third-order valence-corrected chi connectivity index (χ3v) is 7.56. The SMILES string of the molecule is CCOC(=O)C1=C(C)N=c2s/c(=C\c3c(C)nn(-c4ccccc4)c3C)c(=O)n2C1c1ccc(Cl)cc1. The summed E-state index contributed by atoms with van der Waals surface area (Å²) in [5.41, 5.74) is 4.93. The summed E-state index contributed by atoms with van der Waals surface area (Å²) in [7, 11) is 0. The highest BCUT2D eigenvalue weighted by atomic mass is 35.5. The van der Waals surface area contributed by atoms with Gasteiger partial charge in [-0.1, -0.05) is 53.3 Å². The van der Waals surface area contributed by atoms with E-state index in [1.54, 1.807) is 30.5 Å². The third-order valence-electron chi connectivity index (χ3n) is 6.33. The summed E-state index contributed by atoms with van der Waals surface area (Å²) in [6, 6.07) is 16.3. The number of aromatic nitrogens is 3. The molecule has 0 saturated heterocycles. The molecule has 0 fully saturated rings. The van der Waals surface area contributed by atoms with E-state index in [0.29, 0.717) is 25.6 Å². The first-order valence-electron chi connectivity index (χ1n) is 11.9. The second kappa shape index (κ2) is 9.95. The van der Waals surface area contributed by atoms with Gasteiger partial charge >= 0.3 is 5.97 Å². The third kappa shape index (κ3) is 4.47. The second-order valence-corrected chi connectivity index (χ2v) is 10.1. The number of fused-ring (bicyclic) bond motifs is 1. The van der Waals surface area contributed by atoms with Gasteiger partial charge in [0.2, 0.25) is 0 Å². The maximum absolute atomic E-state index is 13.9. The van der Waals surface area contributed by atoms with E-state index < -0.39 is 12.0 Å². The number of carbonyl (C=O) groups excluding carboxylic acids is 1. The van der Waals surface area contributed by atoms with Crippen LogP contribution in [-0.4, -0.2) is 26.9 Å². The molecule has 5 rings (SSSR count). The van der Waals surface area contributed by atoms with Gasteiger partial charge in [-0.15, -0.1) is 0 Å². The smallest absolute Gasteiger partial charge is 0.338 e. The van der Waals surface area contributed by atoms with Gasteiger partial charge in [-0.3, -0.25) is 9.36 Å². The average molecular weight is 533 g/mol. The largest absolute Gasteiger partial charge is 0.463 e. The van der Waals surface area contributed by atoms with Crippen molar-refractivity contribution < 1.29 is 9.53 Å². The molecule has 0 bridgehead atoms. The highest BCUT2D eigenvalue weighted by Crippen LogP contribution is 2.31. The first-order chi connectivity index (χ1) is 17.8. The molecule has 1 unspecified atom stereocenters. The molecule has 1 aliphatic rings. The quantitative estimate of drug-likeness (QED) is 0.360. The van der Waals surface area contributed by atoms with Crippen molar-refractivity contribution in [3.63, 3.8) is 0 Å². The number of hydrogen-bond acceptors (Lipinski definition) is 6. The Morgan fingerprint density at radius 3 is 2.49 bits per heavy atom. The summed E-state index contributed by atoms with van der Waals surface area (Å²) in [6.45, 7) is 7.65. The number of nitrogens with zero attached hydrogens (tertiary/aromatic N) is 4. The molecule has 1 atom stereocenters. The van der Waals surface area contributed by atoms with Crippen molar-refractivity contribution in [2.24, 2.45) is 4.99 Å². The summed E-state index contributed by atoms with van der Waals surface area (Å²) in [6.07, 6.45) is 1.86. The molecular formula is C28H25ClN4O3S. The molecule has 0 aliphatic carbocycles. The lowest BCUT2D eigenvalue weighted by atomic mass is 9.96. The number of aryl methyl sites for hydroxylation is 1. The zero-order valence-corrected chi connectivity index (χ0v) is 22.4. The molecule has 0 N–H and O–H groups in total. The van der Waals surface area contributed by atoms with Crippen LogP contribution in [0.15, 0.2) is 75.7 Å². The minimum atomic E-state index is -0.677. The number of allylic oxidation sites excluding steroid dienone is 1. The molecule has 3 heterocycles. The van der Waals surface area contributed by atoms with Crippen molar-refractivity contribution in [1.82, 2.24) is 14.3 Å². The van der Waals surface area contributed by atoms with Crippen molar-refractivity contribution in [2.45, 2.75) is 33.7 Å². The summed E-state index contributed by atoms with van der Waals surface area (Å²) in [4.78, 5) is 32.0. The fourth-order valence-corrected chi connectivity index (χ4v) is 5.72.